The number of carbonyl (C=O) groups is 1. The minimum absolute atomic E-state index is 0. The molecule has 3 fully saturated rings. The number of rotatable bonds is 2. The van der Waals surface area contributed by atoms with E-state index in [1.807, 2.05) is 0 Å². The largest absolute Gasteiger partial charge is 0.346 e. The Kier molecular flexibility index (Phi) is 4.78. The fourth-order valence-corrected chi connectivity index (χ4v) is 5.85. The SMILES string of the molecule is CC1(C)[C@H](NC(=O)c2cc3c(s2)CCCC3)C2CCN1CC2.Cl. The molecule has 4 heterocycles. The van der Waals surface area contributed by atoms with Gasteiger partial charge < -0.3 is 5.32 Å². The normalized spacial score (nSPS) is 31.1. The van der Waals surface area contributed by atoms with Crippen molar-refractivity contribution in [3.8, 4) is 0 Å². The number of aryl methyl sites for hydroxylation is 2. The second-order valence-electron chi connectivity index (χ2n) is 7.70. The highest BCUT2D eigenvalue weighted by molar-refractivity contribution is 7.14. The van der Waals surface area contributed by atoms with Gasteiger partial charge in [-0.2, -0.15) is 0 Å². The zero-order valence-corrected chi connectivity index (χ0v) is 15.7. The van der Waals surface area contributed by atoms with Crippen LogP contribution in [0.3, 0.4) is 0 Å². The Morgan fingerprint density at radius 1 is 1.26 bits per heavy atom. The average molecular weight is 355 g/mol. The Balaban J connectivity index is 0.00000156. The van der Waals surface area contributed by atoms with Crippen LogP contribution < -0.4 is 5.32 Å². The standard InChI is InChI=1S/C18H26N2OS.ClH/c1-18(2)16(12-7-9-20(18)10-8-12)19-17(21)15-11-13-5-3-4-6-14(13)22-15;/h11-12,16H,3-10H2,1-2H3,(H,19,21);1H/t16-;/m1./s1. The van der Waals surface area contributed by atoms with Crippen molar-refractivity contribution in [3.05, 3.63) is 21.4 Å². The molecule has 1 amide bonds. The number of halogens is 1. The molecule has 0 spiro atoms. The van der Waals surface area contributed by atoms with Gasteiger partial charge in [-0.15, -0.1) is 23.7 Å². The van der Waals surface area contributed by atoms with E-state index < -0.39 is 0 Å². The van der Waals surface area contributed by atoms with Crippen LogP contribution >= 0.6 is 23.7 Å². The predicted octanol–water partition coefficient (Wildman–Crippen LogP) is 3.65. The average Bonchev–Trinajstić information content (AvgIpc) is 2.95. The van der Waals surface area contributed by atoms with Crippen LogP contribution in [0.4, 0.5) is 0 Å². The van der Waals surface area contributed by atoms with Gasteiger partial charge in [0.2, 0.25) is 0 Å². The van der Waals surface area contributed by atoms with Gasteiger partial charge in [0.15, 0.2) is 0 Å². The third-order valence-electron chi connectivity index (χ3n) is 6.09. The van der Waals surface area contributed by atoms with Gasteiger partial charge in [0.1, 0.15) is 0 Å². The van der Waals surface area contributed by atoms with Gasteiger partial charge in [-0.1, -0.05) is 0 Å². The van der Waals surface area contributed by atoms with Crippen LogP contribution in [0.25, 0.3) is 0 Å². The molecule has 5 heteroatoms. The highest BCUT2D eigenvalue weighted by atomic mass is 35.5. The highest BCUT2D eigenvalue weighted by Crippen LogP contribution is 2.39. The fraction of sp³-hybridized carbons (Fsp3) is 0.722. The summed E-state index contributed by atoms with van der Waals surface area (Å²) in [5, 5.41) is 3.40. The van der Waals surface area contributed by atoms with E-state index in [2.05, 4.69) is 30.1 Å². The first-order valence-electron chi connectivity index (χ1n) is 8.73. The molecule has 1 aromatic rings. The Labute approximate surface area is 149 Å². The maximum atomic E-state index is 12.8. The first-order valence-corrected chi connectivity index (χ1v) is 9.55. The van der Waals surface area contributed by atoms with Crippen molar-refractivity contribution in [2.45, 2.75) is 64.0 Å². The van der Waals surface area contributed by atoms with Crippen molar-refractivity contribution >= 4 is 29.7 Å². The molecule has 0 aromatic carbocycles. The smallest absolute Gasteiger partial charge is 0.261 e. The van der Waals surface area contributed by atoms with Crippen molar-refractivity contribution in [1.82, 2.24) is 10.2 Å². The summed E-state index contributed by atoms with van der Waals surface area (Å²) in [6, 6.07) is 2.45. The highest BCUT2D eigenvalue weighted by Gasteiger charge is 2.48. The van der Waals surface area contributed by atoms with Crippen LogP contribution in [-0.4, -0.2) is 35.5 Å². The zero-order chi connectivity index (χ0) is 15.3. The van der Waals surface area contributed by atoms with Crippen molar-refractivity contribution in [3.63, 3.8) is 0 Å². The monoisotopic (exact) mass is 354 g/mol. The topological polar surface area (TPSA) is 32.3 Å². The number of piperidine rings is 3. The molecule has 0 unspecified atom stereocenters. The third-order valence-corrected chi connectivity index (χ3v) is 7.33. The van der Waals surface area contributed by atoms with Gasteiger partial charge >= 0.3 is 0 Å². The van der Waals surface area contributed by atoms with E-state index in [0.29, 0.717) is 12.0 Å². The molecule has 0 radical (unpaired) electrons. The van der Waals surface area contributed by atoms with Crippen LogP contribution in [-0.2, 0) is 12.8 Å². The molecule has 2 bridgehead atoms. The van der Waals surface area contributed by atoms with Crippen molar-refractivity contribution in [2.75, 3.05) is 13.1 Å². The molecule has 0 saturated carbocycles. The number of thiophene rings is 1. The van der Waals surface area contributed by atoms with E-state index in [9.17, 15) is 4.79 Å². The molecule has 1 aliphatic carbocycles. The third kappa shape index (κ3) is 2.94. The van der Waals surface area contributed by atoms with E-state index in [1.54, 1.807) is 11.3 Å². The lowest BCUT2D eigenvalue weighted by molar-refractivity contribution is -0.0377. The first kappa shape index (κ1) is 17.2. The van der Waals surface area contributed by atoms with Crippen molar-refractivity contribution < 1.29 is 4.79 Å². The lowest BCUT2D eigenvalue weighted by Crippen LogP contribution is -2.69. The number of carbonyl (C=O) groups excluding carboxylic acids is 1. The lowest BCUT2D eigenvalue weighted by Gasteiger charge is -2.56. The van der Waals surface area contributed by atoms with Crippen LogP contribution in [0.2, 0.25) is 0 Å². The Morgan fingerprint density at radius 3 is 2.61 bits per heavy atom. The van der Waals surface area contributed by atoms with Crippen LogP contribution in [0.5, 0.6) is 0 Å². The predicted molar refractivity (Wildman–Crippen MR) is 97.8 cm³/mol. The van der Waals surface area contributed by atoms with Crippen molar-refractivity contribution in [2.24, 2.45) is 5.92 Å². The molecule has 3 aliphatic heterocycles. The molecular formula is C18H27ClN2OS. The Bertz CT molecular complexity index is 566. The Morgan fingerprint density at radius 2 is 1.96 bits per heavy atom. The molecule has 3 nitrogen and oxygen atoms in total. The van der Waals surface area contributed by atoms with Gasteiger partial charge in [-0.05, 0) is 83.0 Å². The first-order chi connectivity index (χ1) is 10.6. The summed E-state index contributed by atoms with van der Waals surface area (Å²) in [6.45, 7) is 6.97. The minimum atomic E-state index is 0. The molecule has 3 saturated heterocycles. The summed E-state index contributed by atoms with van der Waals surface area (Å²) in [4.78, 5) is 17.7. The molecule has 1 aromatic heterocycles. The number of fused-ring (bicyclic) bond motifs is 4. The number of amides is 1. The molecule has 4 aliphatic rings. The summed E-state index contributed by atoms with van der Waals surface area (Å²) < 4.78 is 0. The Hall–Kier alpha value is -0.580. The maximum Gasteiger partial charge on any atom is 0.261 e. The quantitative estimate of drug-likeness (QED) is 0.879. The number of nitrogens with zero attached hydrogens (tertiary/aromatic N) is 1. The summed E-state index contributed by atoms with van der Waals surface area (Å²) in [6.07, 6.45) is 7.34. The van der Waals surface area contributed by atoms with Gasteiger partial charge in [-0.3, -0.25) is 9.69 Å². The second kappa shape index (κ2) is 6.38. The van der Waals surface area contributed by atoms with E-state index in [-0.39, 0.29) is 23.9 Å². The molecule has 5 rings (SSSR count). The van der Waals surface area contributed by atoms with E-state index >= 15 is 0 Å². The fourth-order valence-electron chi connectivity index (χ4n) is 4.69. The van der Waals surface area contributed by atoms with E-state index in [4.69, 9.17) is 0 Å². The summed E-state index contributed by atoms with van der Waals surface area (Å²) in [5.41, 5.74) is 1.52. The number of nitrogens with one attached hydrogen (secondary N) is 1. The zero-order valence-electron chi connectivity index (χ0n) is 14.1. The molecular weight excluding hydrogens is 328 g/mol. The summed E-state index contributed by atoms with van der Waals surface area (Å²) in [5.74, 6) is 0.810. The molecule has 1 N–H and O–H groups in total. The van der Waals surface area contributed by atoms with Crippen LogP contribution in [0, 0.1) is 5.92 Å². The van der Waals surface area contributed by atoms with Gasteiger partial charge in [-0.25, -0.2) is 0 Å². The van der Waals surface area contributed by atoms with Crippen molar-refractivity contribution in [1.29, 1.82) is 0 Å². The van der Waals surface area contributed by atoms with Crippen LogP contribution in [0.15, 0.2) is 6.07 Å². The minimum Gasteiger partial charge on any atom is -0.346 e. The van der Waals surface area contributed by atoms with Gasteiger partial charge in [0, 0.05) is 16.5 Å². The number of hydrogen-bond acceptors (Lipinski definition) is 3. The van der Waals surface area contributed by atoms with Crippen LogP contribution in [0.1, 0.15) is 59.6 Å². The second-order valence-corrected chi connectivity index (χ2v) is 8.83. The molecule has 23 heavy (non-hydrogen) atoms. The molecule has 128 valence electrons. The van der Waals surface area contributed by atoms with E-state index in [0.717, 1.165) is 11.3 Å². The van der Waals surface area contributed by atoms with Gasteiger partial charge in [0.05, 0.1) is 4.88 Å². The number of hydrogen-bond donors (Lipinski definition) is 1. The summed E-state index contributed by atoms with van der Waals surface area (Å²) >= 11 is 1.73. The lowest BCUT2D eigenvalue weighted by atomic mass is 9.72. The van der Waals surface area contributed by atoms with Gasteiger partial charge in [0.25, 0.3) is 5.91 Å². The molecule has 1 atom stereocenters. The summed E-state index contributed by atoms with van der Waals surface area (Å²) in [7, 11) is 0. The maximum absolute atomic E-state index is 12.8. The van der Waals surface area contributed by atoms with E-state index in [1.165, 1.54) is 55.6 Å².